The number of hydrogen-bond donors (Lipinski definition) is 3. The Labute approximate surface area is 160 Å². The minimum atomic E-state index is -2.30. The van der Waals surface area contributed by atoms with E-state index < -0.39 is 30.1 Å². The molecule has 2 heterocycles. The molecule has 0 bridgehead atoms. The van der Waals surface area contributed by atoms with Gasteiger partial charge in [-0.2, -0.15) is 0 Å². The summed E-state index contributed by atoms with van der Waals surface area (Å²) < 4.78 is 25.6. The third-order valence-electron chi connectivity index (χ3n) is 4.44. The van der Waals surface area contributed by atoms with Crippen molar-refractivity contribution >= 4 is 22.6 Å². The first kappa shape index (κ1) is 19.8. The van der Waals surface area contributed by atoms with E-state index >= 15 is 0 Å². The lowest BCUT2D eigenvalue weighted by Gasteiger charge is -2.16. The number of nitrogens with two attached hydrogens (primary N) is 1. The van der Waals surface area contributed by atoms with Crippen molar-refractivity contribution in [3.05, 3.63) is 30.0 Å². The number of aromatic nitrogens is 1. The van der Waals surface area contributed by atoms with Gasteiger partial charge in [-0.15, -0.1) is 0 Å². The van der Waals surface area contributed by atoms with Gasteiger partial charge in [0.2, 0.25) is 11.5 Å². The molecular weight excluding hydrogens is 369 g/mol. The van der Waals surface area contributed by atoms with Crippen LogP contribution in [0.1, 0.15) is 30.6 Å². The number of nitrogens with one attached hydrogen (secondary N) is 1. The molecule has 8 nitrogen and oxygen atoms in total. The number of pyridine rings is 1. The lowest BCUT2D eigenvalue weighted by atomic mass is 10.0. The number of fused-ring (bicyclic) bond motifs is 1. The summed E-state index contributed by atoms with van der Waals surface area (Å²) in [5.74, 6) is -0.913. The highest BCUT2D eigenvalue weighted by atomic mass is 19.1. The van der Waals surface area contributed by atoms with Crippen LogP contribution in [0.15, 0.2) is 24.4 Å². The number of aliphatic hydroxyl groups excluding tert-OH is 1. The number of amides is 2. The Morgan fingerprint density at radius 2 is 2.25 bits per heavy atom. The van der Waals surface area contributed by atoms with E-state index in [9.17, 15) is 14.0 Å². The number of nitrogens with zero attached hydrogens (tertiary/aromatic N) is 1. The van der Waals surface area contributed by atoms with E-state index in [0.29, 0.717) is 16.5 Å². The molecule has 1 aromatic carbocycles. The largest absolute Gasteiger partial charge is 0.490 e. The molecule has 9 heteroatoms. The first-order valence-electron chi connectivity index (χ1n) is 8.86. The van der Waals surface area contributed by atoms with Crippen molar-refractivity contribution in [2.45, 2.75) is 38.1 Å². The normalized spacial score (nSPS) is 21.8. The number of rotatable bonds is 7. The average Bonchev–Trinajstić information content (AvgIpc) is 2.93. The topological polar surface area (TPSA) is 124 Å². The van der Waals surface area contributed by atoms with Gasteiger partial charge in [-0.3, -0.25) is 9.59 Å². The van der Waals surface area contributed by atoms with Crippen LogP contribution in [-0.2, 0) is 4.79 Å². The van der Waals surface area contributed by atoms with Gasteiger partial charge in [-0.1, -0.05) is 0 Å². The van der Waals surface area contributed by atoms with E-state index in [2.05, 4.69) is 10.3 Å². The summed E-state index contributed by atoms with van der Waals surface area (Å²) in [5.41, 5.74) is 3.40. The number of alkyl halides is 1. The van der Waals surface area contributed by atoms with Crippen molar-refractivity contribution in [2.75, 3.05) is 13.2 Å². The van der Waals surface area contributed by atoms with Gasteiger partial charge in [0.25, 0.3) is 11.8 Å². The molecule has 0 saturated carbocycles. The number of halogens is 1. The predicted molar refractivity (Wildman–Crippen MR) is 99.0 cm³/mol. The second-order valence-corrected chi connectivity index (χ2v) is 7.03. The van der Waals surface area contributed by atoms with E-state index in [1.165, 1.54) is 6.20 Å². The molecule has 2 amide bonds. The van der Waals surface area contributed by atoms with Crippen molar-refractivity contribution in [1.82, 2.24) is 10.3 Å². The molecule has 1 aromatic heterocycles. The van der Waals surface area contributed by atoms with Crippen LogP contribution in [0.5, 0.6) is 11.6 Å². The molecule has 2 aromatic rings. The average molecular weight is 391 g/mol. The van der Waals surface area contributed by atoms with Gasteiger partial charge < -0.3 is 25.6 Å². The molecule has 150 valence electrons. The summed E-state index contributed by atoms with van der Waals surface area (Å²) in [7, 11) is 0. The molecule has 4 N–H and O–H groups in total. The van der Waals surface area contributed by atoms with Crippen molar-refractivity contribution in [1.29, 1.82) is 0 Å². The molecule has 0 unspecified atom stereocenters. The lowest BCUT2D eigenvalue weighted by Crippen LogP contribution is -2.37. The second kappa shape index (κ2) is 7.59. The molecule has 0 spiro atoms. The number of aliphatic hydroxyl groups is 1. The van der Waals surface area contributed by atoms with Gasteiger partial charge in [0.05, 0.1) is 24.3 Å². The minimum absolute atomic E-state index is 0.0263. The molecule has 2 atom stereocenters. The molecule has 1 fully saturated rings. The van der Waals surface area contributed by atoms with Crippen LogP contribution < -0.4 is 20.5 Å². The zero-order valence-corrected chi connectivity index (χ0v) is 15.6. The van der Waals surface area contributed by atoms with Gasteiger partial charge in [0.1, 0.15) is 12.4 Å². The van der Waals surface area contributed by atoms with Crippen LogP contribution >= 0.6 is 0 Å². The molecule has 3 rings (SSSR count). The fraction of sp³-hybridized carbons (Fsp3) is 0.421. The molecule has 0 radical (unpaired) electrons. The number of carbonyl (C=O) groups is 2. The molecule has 1 aliphatic heterocycles. The van der Waals surface area contributed by atoms with E-state index in [1.54, 1.807) is 18.2 Å². The van der Waals surface area contributed by atoms with E-state index in [-0.39, 0.29) is 30.6 Å². The van der Waals surface area contributed by atoms with E-state index in [1.807, 2.05) is 13.8 Å². The van der Waals surface area contributed by atoms with E-state index in [4.69, 9.17) is 20.3 Å². The summed E-state index contributed by atoms with van der Waals surface area (Å²) >= 11 is 0. The van der Waals surface area contributed by atoms with E-state index in [0.717, 1.165) is 0 Å². The van der Waals surface area contributed by atoms with Crippen LogP contribution in [0, 0.1) is 0 Å². The number of hydrogen-bond acceptors (Lipinski definition) is 6. The highest BCUT2D eigenvalue weighted by Gasteiger charge is 2.47. The fourth-order valence-corrected chi connectivity index (χ4v) is 3.10. The van der Waals surface area contributed by atoms with Crippen molar-refractivity contribution < 1.29 is 28.6 Å². The first-order valence-corrected chi connectivity index (χ1v) is 8.86. The number of benzene rings is 1. The highest BCUT2D eigenvalue weighted by Crippen LogP contribution is 2.32. The highest BCUT2D eigenvalue weighted by molar-refractivity contribution is 6.01. The Bertz CT molecular complexity index is 920. The molecule has 0 aliphatic carbocycles. The summed E-state index contributed by atoms with van der Waals surface area (Å²) in [6.07, 6.45) is 1.13. The van der Waals surface area contributed by atoms with Gasteiger partial charge in [0.15, 0.2) is 0 Å². The van der Waals surface area contributed by atoms with Gasteiger partial charge in [-0.25, -0.2) is 9.37 Å². The summed E-state index contributed by atoms with van der Waals surface area (Å²) in [4.78, 5) is 27.6. The Morgan fingerprint density at radius 1 is 1.50 bits per heavy atom. The maximum absolute atomic E-state index is 14.2. The monoisotopic (exact) mass is 391 g/mol. The fourth-order valence-electron chi connectivity index (χ4n) is 3.10. The minimum Gasteiger partial charge on any atom is -0.490 e. The smallest absolute Gasteiger partial charge is 0.260 e. The Balaban J connectivity index is 1.87. The quantitative estimate of drug-likeness (QED) is 0.649. The maximum Gasteiger partial charge on any atom is 0.260 e. The molecular formula is C19H22FN3O5. The molecule has 28 heavy (non-hydrogen) atoms. The van der Waals surface area contributed by atoms with Crippen LogP contribution in [0.3, 0.4) is 0 Å². The van der Waals surface area contributed by atoms with Crippen molar-refractivity contribution in [2.24, 2.45) is 5.73 Å². The number of carbonyl (C=O) groups excluding carboxylic acids is 2. The Hall–Kier alpha value is -2.94. The van der Waals surface area contributed by atoms with Gasteiger partial charge in [0, 0.05) is 18.0 Å². The number of ether oxygens (including phenoxy) is 2. The second-order valence-electron chi connectivity index (χ2n) is 7.03. The van der Waals surface area contributed by atoms with Crippen molar-refractivity contribution in [3.8, 4) is 11.6 Å². The van der Waals surface area contributed by atoms with Crippen LogP contribution in [-0.4, -0.2) is 52.9 Å². The Kier molecular flexibility index (Phi) is 5.37. The molecule has 1 aliphatic rings. The van der Waals surface area contributed by atoms with Crippen molar-refractivity contribution in [3.63, 3.8) is 0 Å². The lowest BCUT2D eigenvalue weighted by molar-refractivity contribution is -0.131. The summed E-state index contributed by atoms with van der Waals surface area (Å²) in [6, 6.07) is 4.32. The first-order chi connectivity index (χ1) is 13.2. The zero-order chi connectivity index (χ0) is 20.5. The standard InChI is InChI=1S/C19H22FN3O5/c1-10(2)28-15-6-13-11(5-14(15)16(21)25)3-4-22-17(13)27-8-12-7-19(20,9-24)18(26)23-12/h3-6,10,12,24H,7-9H2,1-2H3,(H2,21,25)(H,23,26)/t12-,19-/m0/s1. The maximum atomic E-state index is 14.2. The van der Waals surface area contributed by atoms with Crippen LogP contribution in [0.4, 0.5) is 4.39 Å². The summed E-state index contributed by atoms with van der Waals surface area (Å²) in [6.45, 7) is 2.74. The summed E-state index contributed by atoms with van der Waals surface area (Å²) in [5, 5.41) is 12.8. The third-order valence-corrected chi connectivity index (χ3v) is 4.44. The number of primary amides is 1. The Morgan fingerprint density at radius 3 is 2.86 bits per heavy atom. The SMILES string of the molecule is CC(C)Oc1cc2c(OC[C@@H]3C[C@](F)(CO)C(=O)N3)nccc2cc1C(N)=O. The van der Waals surface area contributed by atoms with Gasteiger partial charge in [-0.05, 0) is 37.4 Å². The van der Waals surface area contributed by atoms with Crippen LogP contribution in [0.25, 0.3) is 10.8 Å². The van der Waals surface area contributed by atoms with Crippen LogP contribution in [0.2, 0.25) is 0 Å². The third kappa shape index (κ3) is 3.84. The predicted octanol–water partition coefficient (Wildman–Crippen LogP) is 1.09. The van der Waals surface area contributed by atoms with Gasteiger partial charge >= 0.3 is 0 Å². The zero-order valence-electron chi connectivity index (χ0n) is 15.6. The molecule has 1 saturated heterocycles.